The highest BCUT2D eigenvalue weighted by atomic mass is 16.4. The van der Waals surface area contributed by atoms with Gasteiger partial charge in [-0.2, -0.15) is 0 Å². The summed E-state index contributed by atoms with van der Waals surface area (Å²) in [5.74, 6) is 5.60. The molecule has 25 heavy (non-hydrogen) atoms. The van der Waals surface area contributed by atoms with Crippen LogP contribution in [-0.4, -0.2) is 16.9 Å². The number of hydrogen-bond acceptors (Lipinski definition) is 2. The Labute approximate surface area is 153 Å². The molecule has 0 bridgehead atoms. The van der Waals surface area contributed by atoms with Crippen LogP contribution in [0.2, 0.25) is 0 Å². The first-order valence-electron chi connectivity index (χ1n) is 9.30. The summed E-state index contributed by atoms with van der Waals surface area (Å²) in [5.41, 5.74) is 0.952. The zero-order valence-corrected chi connectivity index (χ0v) is 16.3. The van der Waals surface area contributed by atoms with Crippen molar-refractivity contribution in [3.63, 3.8) is 0 Å². The summed E-state index contributed by atoms with van der Waals surface area (Å²) in [5, 5.41) is 8.19. The quantitative estimate of drug-likeness (QED) is 0.271. The Morgan fingerprint density at radius 1 is 1.24 bits per heavy atom. The minimum Gasteiger partial charge on any atom is -0.481 e. The molecule has 1 rings (SSSR count). The van der Waals surface area contributed by atoms with Gasteiger partial charge in [0.15, 0.2) is 5.78 Å². The molecular formula is C22H34O3. The van der Waals surface area contributed by atoms with Crippen LogP contribution in [-0.2, 0) is 9.59 Å². The van der Waals surface area contributed by atoms with Crippen LogP contribution in [0, 0.1) is 11.8 Å². The molecule has 0 atom stereocenters. The zero-order chi connectivity index (χ0) is 19.3. The predicted molar refractivity (Wildman–Crippen MR) is 106 cm³/mol. The molecule has 0 amide bonds. The summed E-state index contributed by atoms with van der Waals surface area (Å²) in [6, 6.07) is 0. The highest BCUT2D eigenvalue weighted by Gasteiger charge is 2.08. The number of allylic oxidation sites excluding steroid dienone is 6. The maximum Gasteiger partial charge on any atom is 0.303 e. The summed E-state index contributed by atoms with van der Waals surface area (Å²) in [6.07, 6.45) is 16.2. The van der Waals surface area contributed by atoms with Crippen molar-refractivity contribution >= 4 is 11.8 Å². The lowest BCUT2D eigenvalue weighted by Crippen LogP contribution is -1.92. The van der Waals surface area contributed by atoms with E-state index in [0.717, 1.165) is 50.5 Å². The van der Waals surface area contributed by atoms with Gasteiger partial charge in [0.2, 0.25) is 0 Å². The van der Waals surface area contributed by atoms with E-state index < -0.39 is 5.97 Å². The molecule has 140 valence electrons. The third-order valence-corrected chi connectivity index (χ3v) is 3.12. The summed E-state index contributed by atoms with van der Waals surface area (Å²) in [6.45, 7) is 7.98. The molecular weight excluding hydrogens is 312 g/mol. The maximum atomic E-state index is 11.2. The molecule has 1 aliphatic carbocycles. The molecule has 0 spiro atoms. The van der Waals surface area contributed by atoms with Crippen LogP contribution in [0.25, 0.3) is 0 Å². The first kappa shape index (κ1) is 25.2. The average Bonchev–Trinajstić information content (AvgIpc) is 3.02. The second-order valence-electron chi connectivity index (χ2n) is 5.15. The lowest BCUT2D eigenvalue weighted by molar-refractivity contribution is -0.137. The highest BCUT2D eigenvalue weighted by molar-refractivity contribution is 6.06. The Morgan fingerprint density at radius 2 is 1.96 bits per heavy atom. The molecule has 1 aliphatic rings. The molecule has 0 aromatic heterocycles. The molecule has 0 heterocycles. The van der Waals surface area contributed by atoms with Crippen LogP contribution in [0.1, 0.15) is 79.1 Å². The van der Waals surface area contributed by atoms with Crippen molar-refractivity contribution in [1.82, 2.24) is 0 Å². The number of carboxylic acid groups (broad SMARTS) is 1. The van der Waals surface area contributed by atoms with Gasteiger partial charge in [-0.05, 0) is 50.7 Å². The molecule has 0 fully saturated rings. The molecule has 0 unspecified atom stereocenters. The van der Waals surface area contributed by atoms with E-state index in [1.165, 1.54) is 0 Å². The first-order chi connectivity index (χ1) is 12.1. The van der Waals surface area contributed by atoms with Gasteiger partial charge in [0, 0.05) is 19.3 Å². The Kier molecular flexibility index (Phi) is 20.1. The van der Waals surface area contributed by atoms with E-state index in [-0.39, 0.29) is 12.2 Å². The van der Waals surface area contributed by atoms with Crippen molar-refractivity contribution in [2.45, 2.75) is 79.1 Å². The topological polar surface area (TPSA) is 54.4 Å². The zero-order valence-electron chi connectivity index (χ0n) is 16.3. The number of carboxylic acids is 1. The van der Waals surface area contributed by atoms with E-state index in [0.29, 0.717) is 0 Å². The monoisotopic (exact) mass is 346 g/mol. The van der Waals surface area contributed by atoms with E-state index in [1.807, 2.05) is 39.0 Å². The van der Waals surface area contributed by atoms with Gasteiger partial charge in [-0.25, -0.2) is 0 Å². The van der Waals surface area contributed by atoms with Crippen molar-refractivity contribution < 1.29 is 14.7 Å². The molecule has 1 N–H and O–H groups in total. The van der Waals surface area contributed by atoms with Gasteiger partial charge < -0.3 is 5.11 Å². The van der Waals surface area contributed by atoms with E-state index in [1.54, 1.807) is 6.08 Å². The molecule has 0 saturated carbocycles. The number of carbonyl (C=O) groups excluding carboxylic acids is 1. The minimum atomic E-state index is -0.709. The van der Waals surface area contributed by atoms with Gasteiger partial charge >= 0.3 is 5.97 Å². The lowest BCUT2D eigenvalue weighted by Gasteiger charge is -1.93. The molecule has 0 radical (unpaired) electrons. The summed E-state index contributed by atoms with van der Waals surface area (Å²) >= 11 is 0. The van der Waals surface area contributed by atoms with Gasteiger partial charge in [0.1, 0.15) is 0 Å². The fourth-order valence-corrected chi connectivity index (χ4v) is 1.90. The Bertz CT molecular complexity index is 499. The third kappa shape index (κ3) is 18.1. The summed E-state index contributed by atoms with van der Waals surface area (Å²) in [7, 11) is 0. The third-order valence-electron chi connectivity index (χ3n) is 3.12. The summed E-state index contributed by atoms with van der Waals surface area (Å²) in [4.78, 5) is 21.1. The second kappa shape index (κ2) is 20.0. The predicted octanol–water partition coefficient (Wildman–Crippen LogP) is 5.87. The lowest BCUT2D eigenvalue weighted by atomic mass is 10.1. The van der Waals surface area contributed by atoms with Crippen molar-refractivity contribution in [3.05, 3.63) is 36.0 Å². The highest BCUT2D eigenvalue weighted by Crippen LogP contribution is 2.14. The smallest absolute Gasteiger partial charge is 0.303 e. The van der Waals surface area contributed by atoms with Crippen LogP contribution in [0.15, 0.2) is 36.0 Å². The van der Waals surface area contributed by atoms with E-state index in [4.69, 9.17) is 5.11 Å². The van der Waals surface area contributed by atoms with Gasteiger partial charge in [-0.1, -0.05) is 45.1 Å². The number of aliphatic carboxylic acids is 1. The fourth-order valence-electron chi connectivity index (χ4n) is 1.90. The second-order valence-corrected chi connectivity index (χ2v) is 5.15. The maximum absolute atomic E-state index is 11.2. The number of hydrogen-bond donors (Lipinski definition) is 1. The van der Waals surface area contributed by atoms with Crippen molar-refractivity contribution in [2.75, 3.05) is 0 Å². The standard InChI is InChI=1S/C13H16O.C7H12O2.C2H6/c1-2-3-4-5-6-7-9-12-10-8-11-13(12)14;1-2-3-4-5-6-7(8)9;1-2/h8-9,11H,2,5-7,10H2,1H3;2-3H,4-6H2,1H3,(H,8,9);1-2H3/b12-9+;3-2-;. The normalized spacial score (nSPS) is 13.6. The van der Waals surface area contributed by atoms with Gasteiger partial charge in [-0.3, -0.25) is 9.59 Å². The fraction of sp³-hybridized carbons (Fsp3) is 0.545. The van der Waals surface area contributed by atoms with E-state index in [2.05, 4.69) is 24.8 Å². The van der Waals surface area contributed by atoms with Crippen molar-refractivity contribution in [2.24, 2.45) is 0 Å². The van der Waals surface area contributed by atoms with Crippen LogP contribution >= 0.6 is 0 Å². The van der Waals surface area contributed by atoms with Gasteiger partial charge in [-0.15, -0.1) is 11.8 Å². The van der Waals surface area contributed by atoms with Crippen LogP contribution in [0.3, 0.4) is 0 Å². The molecule has 0 aliphatic heterocycles. The molecule has 3 heteroatoms. The van der Waals surface area contributed by atoms with Crippen molar-refractivity contribution in [3.8, 4) is 11.8 Å². The van der Waals surface area contributed by atoms with E-state index in [9.17, 15) is 9.59 Å². The summed E-state index contributed by atoms with van der Waals surface area (Å²) < 4.78 is 0. The SMILES string of the molecule is C/C=C\CCCC(=O)O.CC.CCC#CCCC/C=C1\CC=CC1=O. The number of ketones is 1. The molecule has 0 aromatic carbocycles. The average molecular weight is 347 g/mol. The number of carbonyl (C=O) groups is 2. The molecule has 0 saturated heterocycles. The minimum absolute atomic E-state index is 0.185. The Morgan fingerprint density at radius 3 is 2.48 bits per heavy atom. The Hall–Kier alpha value is -2.08. The number of unbranched alkanes of at least 4 members (excludes halogenated alkanes) is 3. The van der Waals surface area contributed by atoms with Crippen molar-refractivity contribution in [1.29, 1.82) is 0 Å². The Balaban J connectivity index is 0. The van der Waals surface area contributed by atoms with Gasteiger partial charge in [0.25, 0.3) is 0 Å². The van der Waals surface area contributed by atoms with E-state index >= 15 is 0 Å². The van der Waals surface area contributed by atoms with Crippen LogP contribution in [0.5, 0.6) is 0 Å². The van der Waals surface area contributed by atoms with Crippen LogP contribution in [0.4, 0.5) is 0 Å². The molecule has 0 aromatic rings. The van der Waals surface area contributed by atoms with Crippen LogP contribution < -0.4 is 0 Å². The number of rotatable bonds is 7. The first-order valence-corrected chi connectivity index (χ1v) is 9.30. The molecule has 3 nitrogen and oxygen atoms in total. The largest absolute Gasteiger partial charge is 0.481 e. The van der Waals surface area contributed by atoms with Gasteiger partial charge in [0.05, 0.1) is 0 Å².